The van der Waals surface area contributed by atoms with Crippen molar-refractivity contribution in [3.63, 3.8) is 0 Å². The number of hydrogen-bond acceptors (Lipinski definition) is 3. The van der Waals surface area contributed by atoms with Crippen LogP contribution < -0.4 is 0 Å². The molecule has 1 aromatic carbocycles. The average molecular weight is 276 g/mol. The number of carbonyl (C=O) groups is 1. The maximum atomic E-state index is 11.9. The Morgan fingerprint density at radius 2 is 2.00 bits per heavy atom. The summed E-state index contributed by atoms with van der Waals surface area (Å²) in [6.07, 6.45) is 2.40. The van der Waals surface area contributed by atoms with E-state index in [-0.39, 0.29) is 5.91 Å². The molecule has 0 aliphatic heterocycles. The van der Waals surface area contributed by atoms with Crippen molar-refractivity contribution in [2.45, 2.75) is 33.1 Å². The maximum Gasteiger partial charge on any atom is 0.222 e. The number of aryl methyl sites for hydroxylation is 1. The molecule has 102 valence electrons. The van der Waals surface area contributed by atoms with Crippen molar-refractivity contribution in [1.29, 1.82) is 0 Å². The highest BCUT2D eigenvalue weighted by Crippen LogP contribution is 2.22. The van der Waals surface area contributed by atoms with E-state index in [1.54, 1.807) is 11.3 Å². The zero-order valence-electron chi connectivity index (χ0n) is 11.6. The molecule has 0 bridgehead atoms. The van der Waals surface area contributed by atoms with Crippen LogP contribution in [-0.2, 0) is 11.2 Å². The van der Waals surface area contributed by atoms with Gasteiger partial charge >= 0.3 is 0 Å². The van der Waals surface area contributed by atoms with Gasteiger partial charge < -0.3 is 4.90 Å². The molecule has 1 amide bonds. The summed E-state index contributed by atoms with van der Waals surface area (Å²) in [6.45, 7) is 5.65. The van der Waals surface area contributed by atoms with Gasteiger partial charge in [-0.3, -0.25) is 4.79 Å². The number of thiazole rings is 1. The summed E-state index contributed by atoms with van der Waals surface area (Å²) in [4.78, 5) is 18.4. The van der Waals surface area contributed by atoms with Gasteiger partial charge in [-0.15, -0.1) is 11.3 Å². The minimum Gasteiger partial charge on any atom is -0.343 e. The van der Waals surface area contributed by atoms with Crippen LogP contribution in [-0.4, -0.2) is 28.9 Å². The Morgan fingerprint density at radius 1 is 1.26 bits per heavy atom. The zero-order chi connectivity index (χ0) is 13.7. The SMILES string of the molecule is CCN(CC)C(=O)CCCc1nc2ccccc2s1. The third-order valence-electron chi connectivity index (χ3n) is 3.24. The molecule has 0 spiro atoms. The lowest BCUT2D eigenvalue weighted by atomic mass is 10.2. The molecule has 4 heteroatoms. The molecular formula is C15H20N2OS. The van der Waals surface area contributed by atoms with Crippen LogP contribution in [0.25, 0.3) is 10.2 Å². The number of para-hydroxylation sites is 1. The van der Waals surface area contributed by atoms with Crippen LogP contribution >= 0.6 is 11.3 Å². The summed E-state index contributed by atoms with van der Waals surface area (Å²) in [6, 6.07) is 8.18. The molecule has 3 nitrogen and oxygen atoms in total. The van der Waals surface area contributed by atoms with Gasteiger partial charge in [0.05, 0.1) is 15.2 Å². The molecule has 0 N–H and O–H groups in total. The minimum atomic E-state index is 0.256. The molecule has 0 radical (unpaired) electrons. The molecule has 0 atom stereocenters. The third-order valence-corrected chi connectivity index (χ3v) is 4.33. The van der Waals surface area contributed by atoms with E-state index in [0.717, 1.165) is 36.5 Å². The van der Waals surface area contributed by atoms with E-state index < -0.39 is 0 Å². The van der Waals surface area contributed by atoms with Gasteiger partial charge in [0.25, 0.3) is 0 Å². The highest BCUT2D eigenvalue weighted by Gasteiger charge is 2.10. The second-order valence-corrected chi connectivity index (χ2v) is 5.61. The van der Waals surface area contributed by atoms with Gasteiger partial charge in [-0.2, -0.15) is 0 Å². The molecule has 0 aliphatic rings. The van der Waals surface area contributed by atoms with Gasteiger partial charge in [0.15, 0.2) is 0 Å². The Morgan fingerprint density at radius 3 is 2.68 bits per heavy atom. The van der Waals surface area contributed by atoms with Gasteiger partial charge in [0.2, 0.25) is 5.91 Å². The summed E-state index contributed by atoms with van der Waals surface area (Å²) in [5, 5.41) is 1.13. The topological polar surface area (TPSA) is 33.2 Å². The predicted octanol–water partition coefficient (Wildman–Crippen LogP) is 3.49. The summed E-state index contributed by atoms with van der Waals surface area (Å²) in [5.74, 6) is 0.256. The Bertz CT molecular complexity index is 513. The number of aromatic nitrogens is 1. The van der Waals surface area contributed by atoms with Crippen molar-refractivity contribution < 1.29 is 4.79 Å². The first kappa shape index (κ1) is 14.0. The van der Waals surface area contributed by atoms with Crippen LogP contribution in [0.15, 0.2) is 24.3 Å². The average Bonchev–Trinajstić information content (AvgIpc) is 2.82. The van der Waals surface area contributed by atoms with Crippen LogP contribution in [0.5, 0.6) is 0 Å². The number of hydrogen-bond donors (Lipinski definition) is 0. The number of benzene rings is 1. The molecule has 2 aromatic rings. The third kappa shape index (κ3) is 3.53. The van der Waals surface area contributed by atoms with Crippen LogP contribution in [0, 0.1) is 0 Å². The number of rotatable bonds is 6. The van der Waals surface area contributed by atoms with Crippen LogP contribution in [0.3, 0.4) is 0 Å². The smallest absolute Gasteiger partial charge is 0.222 e. The number of carbonyl (C=O) groups excluding carboxylic acids is 1. The second kappa shape index (κ2) is 6.66. The quantitative estimate of drug-likeness (QED) is 0.809. The molecule has 1 aromatic heterocycles. The van der Waals surface area contributed by atoms with Gasteiger partial charge in [-0.1, -0.05) is 12.1 Å². The van der Waals surface area contributed by atoms with Gasteiger partial charge in [-0.25, -0.2) is 4.98 Å². The Hall–Kier alpha value is -1.42. The van der Waals surface area contributed by atoms with E-state index in [1.807, 2.05) is 36.9 Å². The minimum absolute atomic E-state index is 0.256. The summed E-state index contributed by atoms with van der Waals surface area (Å²) >= 11 is 1.73. The lowest BCUT2D eigenvalue weighted by Crippen LogP contribution is -2.30. The molecular weight excluding hydrogens is 256 g/mol. The van der Waals surface area contributed by atoms with Gasteiger partial charge in [0.1, 0.15) is 0 Å². The maximum absolute atomic E-state index is 11.9. The predicted molar refractivity (Wildman–Crippen MR) is 80.5 cm³/mol. The molecule has 0 aliphatic carbocycles. The fourth-order valence-corrected chi connectivity index (χ4v) is 3.16. The number of fused-ring (bicyclic) bond motifs is 1. The van der Waals surface area contributed by atoms with Crippen LogP contribution in [0.1, 0.15) is 31.7 Å². The summed E-state index contributed by atoms with van der Waals surface area (Å²) < 4.78 is 1.23. The Balaban J connectivity index is 1.87. The lowest BCUT2D eigenvalue weighted by molar-refractivity contribution is -0.130. The molecule has 1 heterocycles. The van der Waals surface area contributed by atoms with E-state index in [4.69, 9.17) is 0 Å². The zero-order valence-corrected chi connectivity index (χ0v) is 12.4. The first-order chi connectivity index (χ1) is 9.24. The lowest BCUT2D eigenvalue weighted by Gasteiger charge is -2.18. The van der Waals surface area contributed by atoms with Crippen molar-refractivity contribution in [1.82, 2.24) is 9.88 Å². The van der Waals surface area contributed by atoms with Crippen molar-refractivity contribution in [3.8, 4) is 0 Å². The standard InChI is InChI=1S/C15H20N2OS/c1-3-17(4-2)15(18)11-7-10-14-16-12-8-5-6-9-13(12)19-14/h5-6,8-9H,3-4,7,10-11H2,1-2H3. The van der Waals surface area contributed by atoms with Crippen LogP contribution in [0.2, 0.25) is 0 Å². The largest absolute Gasteiger partial charge is 0.343 e. The van der Waals surface area contributed by atoms with Crippen molar-refractivity contribution in [2.75, 3.05) is 13.1 Å². The molecule has 0 fully saturated rings. The van der Waals surface area contributed by atoms with Crippen molar-refractivity contribution in [3.05, 3.63) is 29.3 Å². The summed E-state index contributed by atoms with van der Waals surface area (Å²) in [7, 11) is 0. The number of nitrogens with zero attached hydrogens (tertiary/aromatic N) is 2. The molecule has 19 heavy (non-hydrogen) atoms. The van der Waals surface area contributed by atoms with E-state index in [1.165, 1.54) is 4.70 Å². The monoisotopic (exact) mass is 276 g/mol. The molecule has 0 saturated carbocycles. The van der Waals surface area contributed by atoms with Gasteiger partial charge in [-0.05, 0) is 38.8 Å². The van der Waals surface area contributed by atoms with E-state index in [9.17, 15) is 4.79 Å². The summed E-state index contributed by atoms with van der Waals surface area (Å²) in [5.41, 5.74) is 1.07. The van der Waals surface area contributed by atoms with E-state index >= 15 is 0 Å². The fraction of sp³-hybridized carbons (Fsp3) is 0.467. The highest BCUT2D eigenvalue weighted by molar-refractivity contribution is 7.18. The second-order valence-electron chi connectivity index (χ2n) is 4.49. The molecule has 2 rings (SSSR count). The van der Waals surface area contributed by atoms with Crippen LogP contribution in [0.4, 0.5) is 0 Å². The Labute approximate surface area is 118 Å². The first-order valence-electron chi connectivity index (χ1n) is 6.86. The first-order valence-corrected chi connectivity index (χ1v) is 7.68. The fourth-order valence-electron chi connectivity index (χ4n) is 2.15. The normalized spacial score (nSPS) is 10.8. The van der Waals surface area contributed by atoms with Crippen molar-refractivity contribution in [2.24, 2.45) is 0 Å². The number of amides is 1. The molecule has 0 unspecified atom stereocenters. The van der Waals surface area contributed by atoms with Crippen molar-refractivity contribution >= 4 is 27.5 Å². The molecule has 0 saturated heterocycles. The highest BCUT2D eigenvalue weighted by atomic mass is 32.1. The van der Waals surface area contributed by atoms with Gasteiger partial charge in [0, 0.05) is 19.5 Å². The Kier molecular flexibility index (Phi) is 4.91. The van der Waals surface area contributed by atoms with E-state index in [2.05, 4.69) is 11.1 Å². The van der Waals surface area contributed by atoms with E-state index in [0.29, 0.717) is 6.42 Å².